The lowest BCUT2D eigenvalue weighted by Gasteiger charge is -2.24. The van der Waals surface area contributed by atoms with Crippen LogP contribution in [0.1, 0.15) is 117 Å². The molecule has 0 fully saturated rings. The van der Waals surface area contributed by atoms with E-state index in [0.29, 0.717) is 0 Å². The second-order valence-corrected chi connectivity index (χ2v) is 7.76. The highest BCUT2D eigenvalue weighted by molar-refractivity contribution is 5.79. The zero-order chi connectivity index (χ0) is 19.5. The summed E-state index contributed by atoms with van der Waals surface area (Å²) in [5.41, 5.74) is 0. The maximum absolute atomic E-state index is 12.4. The van der Waals surface area contributed by atoms with Crippen LogP contribution in [0.25, 0.3) is 0 Å². The molecule has 0 radical (unpaired) electrons. The molecule has 0 saturated heterocycles. The van der Waals surface area contributed by atoms with Crippen molar-refractivity contribution < 1.29 is 9.53 Å². The van der Waals surface area contributed by atoms with E-state index in [-0.39, 0.29) is 17.9 Å². The first kappa shape index (κ1) is 25.4. The molecular formula is C23H47NO2. The molecular weight excluding hydrogens is 322 g/mol. The second kappa shape index (κ2) is 19.2. The van der Waals surface area contributed by atoms with Crippen LogP contribution in [0.5, 0.6) is 0 Å². The van der Waals surface area contributed by atoms with E-state index >= 15 is 0 Å². The molecule has 0 saturated carbocycles. The van der Waals surface area contributed by atoms with Crippen molar-refractivity contribution in [3.05, 3.63) is 0 Å². The monoisotopic (exact) mass is 369 g/mol. The summed E-state index contributed by atoms with van der Waals surface area (Å²) in [4.78, 5) is 12.4. The number of methoxy groups -OCH3 is 1. The van der Waals surface area contributed by atoms with Crippen LogP contribution in [0.3, 0.4) is 0 Å². The Morgan fingerprint density at radius 3 is 1.69 bits per heavy atom. The van der Waals surface area contributed by atoms with Crippen molar-refractivity contribution in [2.24, 2.45) is 5.92 Å². The Morgan fingerprint density at radius 2 is 1.27 bits per heavy atom. The van der Waals surface area contributed by atoms with Crippen molar-refractivity contribution in [1.29, 1.82) is 0 Å². The van der Waals surface area contributed by atoms with Gasteiger partial charge in [-0.15, -0.1) is 0 Å². The molecule has 2 unspecified atom stereocenters. The third-order valence-electron chi connectivity index (χ3n) is 5.42. The molecule has 0 bridgehead atoms. The van der Waals surface area contributed by atoms with Gasteiger partial charge in [-0.2, -0.15) is 0 Å². The summed E-state index contributed by atoms with van der Waals surface area (Å²) < 4.78 is 5.49. The molecule has 3 nitrogen and oxygen atoms in total. The van der Waals surface area contributed by atoms with Crippen LogP contribution in [-0.4, -0.2) is 25.7 Å². The Kier molecular flexibility index (Phi) is 18.8. The molecule has 0 rings (SSSR count). The normalized spacial score (nSPS) is 13.5. The van der Waals surface area contributed by atoms with Crippen molar-refractivity contribution in [3.63, 3.8) is 0 Å². The van der Waals surface area contributed by atoms with Crippen molar-refractivity contribution >= 4 is 5.91 Å². The van der Waals surface area contributed by atoms with Gasteiger partial charge >= 0.3 is 0 Å². The van der Waals surface area contributed by atoms with Crippen molar-refractivity contribution in [3.8, 4) is 0 Å². The minimum atomic E-state index is 0.00678. The topological polar surface area (TPSA) is 38.3 Å². The van der Waals surface area contributed by atoms with Gasteiger partial charge in [0.2, 0.25) is 5.91 Å². The first-order valence-corrected chi connectivity index (χ1v) is 11.5. The number of amides is 1. The van der Waals surface area contributed by atoms with E-state index in [1.54, 1.807) is 7.11 Å². The molecule has 0 aromatic carbocycles. The molecule has 1 amide bonds. The molecule has 3 heteroatoms. The van der Waals surface area contributed by atoms with Crippen molar-refractivity contribution in [2.75, 3.05) is 13.7 Å². The third-order valence-corrected chi connectivity index (χ3v) is 5.42. The SMILES string of the molecule is CCCCCCCCCCCCCCNC(=O)C(CCC)C(CC)OC. The molecule has 0 aromatic heterocycles. The highest BCUT2D eigenvalue weighted by atomic mass is 16.5. The van der Waals surface area contributed by atoms with Crippen LogP contribution in [0, 0.1) is 5.92 Å². The number of ether oxygens (including phenoxy) is 1. The minimum absolute atomic E-state index is 0.00678. The van der Waals surface area contributed by atoms with Gasteiger partial charge in [0.15, 0.2) is 0 Å². The summed E-state index contributed by atoms with van der Waals surface area (Å²) in [5, 5.41) is 3.13. The van der Waals surface area contributed by atoms with Gasteiger partial charge < -0.3 is 10.1 Å². The number of hydrogen-bond acceptors (Lipinski definition) is 2. The maximum atomic E-state index is 12.4. The number of nitrogens with one attached hydrogen (secondary N) is 1. The van der Waals surface area contributed by atoms with Gasteiger partial charge in [-0.1, -0.05) is 97.8 Å². The van der Waals surface area contributed by atoms with E-state index in [9.17, 15) is 4.79 Å². The molecule has 2 atom stereocenters. The predicted molar refractivity (Wildman–Crippen MR) is 114 cm³/mol. The second-order valence-electron chi connectivity index (χ2n) is 7.76. The summed E-state index contributed by atoms with van der Waals surface area (Å²) in [5.74, 6) is 0.191. The lowest BCUT2D eigenvalue weighted by molar-refractivity contribution is -0.130. The molecule has 0 aliphatic carbocycles. The van der Waals surface area contributed by atoms with Crippen LogP contribution in [-0.2, 0) is 9.53 Å². The minimum Gasteiger partial charge on any atom is -0.381 e. The summed E-state index contributed by atoms with van der Waals surface area (Å²) in [6, 6.07) is 0. The average Bonchev–Trinajstić information content (AvgIpc) is 2.65. The number of hydrogen-bond donors (Lipinski definition) is 1. The first-order chi connectivity index (χ1) is 12.7. The Bertz CT molecular complexity index is 303. The Hall–Kier alpha value is -0.570. The summed E-state index contributed by atoms with van der Waals surface area (Å²) >= 11 is 0. The highest BCUT2D eigenvalue weighted by Gasteiger charge is 2.25. The van der Waals surface area contributed by atoms with Gasteiger partial charge in [-0.3, -0.25) is 4.79 Å². The van der Waals surface area contributed by atoms with Crippen LogP contribution < -0.4 is 5.32 Å². The van der Waals surface area contributed by atoms with E-state index in [1.165, 1.54) is 70.6 Å². The number of carbonyl (C=O) groups excluding carboxylic acids is 1. The predicted octanol–water partition coefficient (Wildman–Crippen LogP) is 6.65. The van der Waals surface area contributed by atoms with E-state index in [2.05, 4.69) is 26.1 Å². The summed E-state index contributed by atoms with van der Waals surface area (Å²) in [6.45, 7) is 7.32. The number of unbranched alkanes of at least 4 members (excludes halogenated alkanes) is 11. The lowest BCUT2D eigenvalue weighted by Crippen LogP contribution is -2.38. The first-order valence-electron chi connectivity index (χ1n) is 11.5. The maximum Gasteiger partial charge on any atom is 0.225 e. The van der Waals surface area contributed by atoms with Crippen LogP contribution >= 0.6 is 0 Å². The van der Waals surface area contributed by atoms with Crippen molar-refractivity contribution in [1.82, 2.24) is 5.32 Å². The van der Waals surface area contributed by atoms with Gasteiger partial charge in [0.1, 0.15) is 0 Å². The van der Waals surface area contributed by atoms with Gasteiger partial charge in [0, 0.05) is 13.7 Å². The standard InChI is InChI=1S/C23H47NO2/c1-5-8-9-10-11-12-13-14-15-16-17-18-20-24-23(25)21(19-6-2)22(7-3)26-4/h21-22H,5-20H2,1-4H3,(H,24,25). The van der Waals surface area contributed by atoms with E-state index < -0.39 is 0 Å². The van der Waals surface area contributed by atoms with Gasteiger partial charge in [-0.05, 0) is 19.3 Å². The summed E-state index contributed by atoms with van der Waals surface area (Å²) in [6.07, 6.45) is 19.1. The molecule has 0 spiro atoms. The molecule has 26 heavy (non-hydrogen) atoms. The number of rotatable bonds is 19. The summed E-state index contributed by atoms with van der Waals surface area (Å²) in [7, 11) is 1.72. The fraction of sp³-hybridized carbons (Fsp3) is 0.957. The molecule has 0 aliphatic rings. The van der Waals surface area contributed by atoms with E-state index in [1.807, 2.05) is 0 Å². The van der Waals surface area contributed by atoms with Gasteiger partial charge in [0.05, 0.1) is 12.0 Å². The molecule has 0 aromatic rings. The third kappa shape index (κ3) is 13.6. The largest absolute Gasteiger partial charge is 0.381 e. The van der Waals surface area contributed by atoms with Crippen LogP contribution in [0.15, 0.2) is 0 Å². The van der Waals surface area contributed by atoms with Crippen LogP contribution in [0.4, 0.5) is 0 Å². The fourth-order valence-electron chi connectivity index (χ4n) is 3.72. The van der Waals surface area contributed by atoms with Crippen molar-refractivity contribution in [2.45, 2.75) is 123 Å². The molecule has 0 heterocycles. The fourth-order valence-corrected chi connectivity index (χ4v) is 3.72. The lowest BCUT2D eigenvalue weighted by atomic mass is 9.94. The van der Waals surface area contributed by atoms with E-state index in [4.69, 9.17) is 4.74 Å². The molecule has 0 aliphatic heterocycles. The number of carbonyl (C=O) groups is 1. The average molecular weight is 370 g/mol. The highest BCUT2D eigenvalue weighted by Crippen LogP contribution is 2.17. The van der Waals surface area contributed by atoms with E-state index in [0.717, 1.165) is 32.2 Å². The van der Waals surface area contributed by atoms with Gasteiger partial charge in [-0.25, -0.2) is 0 Å². The quantitative estimate of drug-likeness (QED) is 0.259. The molecule has 156 valence electrons. The van der Waals surface area contributed by atoms with Crippen LogP contribution in [0.2, 0.25) is 0 Å². The Labute approximate surface area is 164 Å². The Balaban J connectivity index is 3.56. The zero-order valence-corrected chi connectivity index (χ0v) is 18.3. The molecule has 1 N–H and O–H groups in total. The Morgan fingerprint density at radius 1 is 0.769 bits per heavy atom. The zero-order valence-electron chi connectivity index (χ0n) is 18.3. The smallest absolute Gasteiger partial charge is 0.225 e. The van der Waals surface area contributed by atoms with Gasteiger partial charge in [0.25, 0.3) is 0 Å².